The van der Waals surface area contributed by atoms with Crippen LogP contribution in [0.3, 0.4) is 0 Å². The standard InChI is InChI=1S/C19H20BrClN4O3/c1-13-2-3-14(21)10-18(13)24-8-6-23(7-9-24)12-19(26)22-17-5-4-15(25(27)28)11-16(17)20/h2-5,10-11H,6-9,12H2,1H3,(H,22,26). The van der Waals surface area contributed by atoms with Crippen LogP contribution >= 0.6 is 27.5 Å². The molecular weight excluding hydrogens is 448 g/mol. The molecule has 2 aromatic rings. The van der Waals surface area contributed by atoms with Crippen LogP contribution in [-0.2, 0) is 4.79 Å². The first kappa shape index (κ1) is 20.6. The molecule has 1 fully saturated rings. The number of carbonyl (C=O) groups is 1. The van der Waals surface area contributed by atoms with Crippen LogP contribution in [0.2, 0.25) is 5.02 Å². The fraction of sp³-hybridized carbons (Fsp3) is 0.316. The second kappa shape index (κ2) is 8.89. The van der Waals surface area contributed by atoms with E-state index in [-0.39, 0.29) is 18.1 Å². The molecule has 0 unspecified atom stereocenters. The number of anilines is 2. The number of aryl methyl sites for hydroxylation is 1. The number of rotatable bonds is 5. The summed E-state index contributed by atoms with van der Waals surface area (Å²) >= 11 is 9.38. The molecule has 1 aliphatic rings. The monoisotopic (exact) mass is 466 g/mol. The number of amides is 1. The summed E-state index contributed by atoms with van der Waals surface area (Å²) in [5.74, 6) is -0.151. The first-order valence-corrected chi connectivity index (χ1v) is 9.98. The number of hydrogen-bond acceptors (Lipinski definition) is 5. The first-order valence-electron chi connectivity index (χ1n) is 8.81. The van der Waals surface area contributed by atoms with Gasteiger partial charge in [0, 0.05) is 53.5 Å². The number of nitrogens with zero attached hydrogens (tertiary/aromatic N) is 3. The van der Waals surface area contributed by atoms with Crippen LogP contribution in [0.4, 0.5) is 17.1 Å². The fourth-order valence-corrected chi connectivity index (χ4v) is 3.81. The maximum absolute atomic E-state index is 12.4. The van der Waals surface area contributed by atoms with E-state index in [1.54, 1.807) is 0 Å². The Bertz CT molecular complexity index is 901. The van der Waals surface area contributed by atoms with Crippen molar-refractivity contribution in [3.05, 3.63) is 61.6 Å². The number of nitrogens with one attached hydrogen (secondary N) is 1. The van der Waals surface area contributed by atoms with Gasteiger partial charge in [-0.3, -0.25) is 19.8 Å². The Morgan fingerprint density at radius 3 is 2.57 bits per heavy atom. The summed E-state index contributed by atoms with van der Waals surface area (Å²) in [6.45, 7) is 5.49. The second-order valence-electron chi connectivity index (χ2n) is 6.66. The van der Waals surface area contributed by atoms with Crippen LogP contribution in [0.15, 0.2) is 40.9 Å². The highest BCUT2D eigenvalue weighted by Gasteiger charge is 2.21. The van der Waals surface area contributed by atoms with Gasteiger partial charge in [0.1, 0.15) is 0 Å². The van der Waals surface area contributed by atoms with E-state index in [1.165, 1.54) is 23.8 Å². The number of piperazine rings is 1. The van der Waals surface area contributed by atoms with E-state index in [9.17, 15) is 14.9 Å². The lowest BCUT2D eigenvalue weighted by molar-refractivity contribution is -0.384. The number of non-ortho nitro benzene ring substituents is 1. The van der Waals surface area contributed by atoms with Gasteiger partial charge in [0.15, 0.2) is 0 Å². The van der Waals surface area contributed by atoms with Gasteiger partial charge in [-0.2, -0.15) is 0 Å². The van der Waals surface area contributed by atoms with Crippen LogP contribution in [0.5, 0.6) is 0 Å². The maximum atomic E-state index is 12.4. The minimum absolute atomic E-state index is 0.0303. The zero-order valence-corrected chi connectivity index (χ0v) is 17.7. The summed E-state index contributed by atoms with van der Waals surface area (Å²) < 4.78 is 0.483. The average Bonchev–Trinajstić information content (AvgIpc) is 2.66. The molecule has 0 bridgehead atoms. The van der Waals surface area contributed by atoms with Crippen LogP contribution < -0.4 is 10.2 Å². The van der Waals surface area contributed by atoms with E-state index in [0.29, 0.717) is 10.2 Å². The molecule has 9 heteroatoms. The van der Waals surface area contributed by atoms with E-state index in [0.717, 1.165) is 36.9 Å². The highest BCUT2D eigenvalue weighted by Crippen LogP contribution is 2.27. The van der Waals surface area contributed by atoms with Crippen LogP contribution in [0, 0.1) is 17.0 Å². The molecule has 0 saturated carbocycles. The highest BCUT2D eigenvalue weighted by molar-refractivity contribution is 9.10. The second-order valence-corrected chi connectivity index (χ2v) is 7.95. The SMILES string of the molecule is Cc1ccc(Cl)cc1N1CCN(CC(=O)Nc2ccc([N+](=O)[O-])cc2Br)CC1. The van der Waals surface area contributed by atoms with E-state index in [4.69, 9.17) is 11.6 Å². The van der Waals surface area contributed by atoms with Crippen LogP contribution in [0.25, 0.3) is 0 Å². The molecule has 1 amide bonds. The van der Waals surface area contributed by atoms with Gasteiger partial charge in [0.05, 0.1) is 17.2 Å². The molecule has 3 rings (SSSR count). The predicted molar refractivity (Wildman–Crippen MR) is 114 cm³/mol. The number of nitro groups is 1. The predicted octanol–water partition coefficient (Wildman–Crippen LogP) is 4.08. The lowest BCUT2D eigenvalue weighted by Crippen LogP contribution is -2.48. The molecule has 1 aliphatic heterocycles. The Hall–Kier alpha value is -2.16. The molecule has 1 saturated heterocycles. The summed E-state index contributed by atoms with van der Waals surface area (Å²) in [7, 11) is 0. The minimum atomic E-state index is -0.475. The third kappa shape index (κ3) is 5.01. The minimum Gasteiger partial charge on any atom is -0.369 e. The molecule has 2 aromatic carbocycles. The summed E-state index contributed by atoms with van der Waals surface area (Å²) in [5, 5.41) is 14.3. The van der Waals surface area contributed by atoms with Gasteiger partial charge in [0.2, 0.25) is 5.91 Å². The van der Waals surface area contributed by atoms with Gasteiger partial charge in [0.25, 0.3) is 5.69 Å². The highest BCUT2D eigenvalue weighted by atomic mass is 79.9. The molecule has 0 spiro atoms. The van der Waals surface area contributed by atoms with Crippen molar-refractivity contribution in [2.75, 3.05) is 42.9 Å². The third-order valence-corrected chi connectivity index (χ3v) is 5.58. The number of hydrogen-bond donors (Lipinski definition) is 1. The lowest BCUT2D eigenvalue weighted by Gasteiger charge is -2.36. The molecular formula is C19H20BrClN4O3. The van der Waals surface area contributed by atoms with Gasteiger partial charge < -0.3 is 10.2 Å². The Morgan fingerprint density at radius 2 is 1.93 bits per heavy atom. The van der Waals surface area contributed by atoms with E-state index in [1.807, 2.05) is 18.2 Å². The van der Waals surface area contributed by atoms with Crippen LogP contribution in [-0.4, -0.2) is 48.5 Å². The number of benzene rings is 2. The molecule has 1 N–H and O–H groups in total. The van der Waals surface area contributed by atoms with Crippen molar-refractivity contribution in [1.82, 2.24) is 4.90 Å². The molecule has 1 heterocycles. The molecule has 0 radical (unpaired) electrons. The van der Waals surface area contributed by atoms with Crippen molar-refractivity contribution in [3.63, 3.8) is 0 Å². The summed E-state index contributed by atoms with van der Waals surface area (Å²) in [4.78, 5) is 27.1. The summed E-state index contributed by atoms with van der Waals surface area (Å²) in [6, 6.07) is 10.1. The molecule has 28 heavy (non-hydrogen) atoms. The van der Waals surface area contributed by atoms with E-state index >= 15 is 0 Å². The van der Waals surface area contributed by atoms with Crippen molar-refractivity contribution >= 4 is 50.5 Å². The van der Waals surface area contributed by atoms with E-state index in [2.05, 4.69) is 38.0 Å². The number of nitro benzene ring substituents is 1. The van der Waals surface area contributed by atoms with Gasteiger partial charge in [-0.05, 0) is 46.6 Å². The zero-order chi connectivity index (χ0) is 20.3. The third-order valence-electron chi connectivity index (χ3n) is 4.69. The van der Waals surface area contributed by atoms with Gasteiger partial charge >= 0.3 is 0 Å². The number of halogens is 2. The van der Waals surface area contributed by atoms with Gasteiger partial charge in [-0.15, -0.1) is 0 Å². The quantitative estimate of drug-likeness (QED) is 0.529. The van der Waals surface area contributed by atoms with Crippen molar-refractivity contribution < 1.29 is 9.72 Å². The largest absolute Gasteiger partial charge is 0.369 e. The fourth-order valence-electron chi connectivity index (χ4n) is 3.18. The van der Waals surface area contributed by atoms with E-state index < -0.39 is 4.92 Å². The Kier molecular flexibility index (Phi) is 6.53. The van der Waals surface area contributed by atoms with Crippen molar-refractivity contribution in [2.45, 2.75) is 6.92 Å². The summed E-state index contributed by atoms with van der Waals surface area (Å²) in [6.07, 6.45) is 0. The number of carbonyl (C=O) groups excluding carboxylic acids is 1. The average molecular weight is 468 g/mol. The summed E-state index contributed by atoms with van der Waals surface area (Å²) in [5.41, 5.74) is 2.80. The Morgan fingerprint density at radius 1 is 1.21 bits per heavy atom. The lowest BCUT2D eigenvalue weighted by atomic mass is 10.1. The topological polar surface area (TPSA) is 78.7 Å². The maximum Gasteiger partial charge on any atom is 0.270 e. The van der Waals surface area contributed by atoms with Gasteiger partial charge in [-0.1, -0.05) is 17.7 Å². The Labute approximate surface area is 176 Å². The molecule has 148 valence electrons. The zero-order valence-electron chi connectivity index (χ0n) is 15.3. The smallest absolute Gasteiger partial charge is 0.270 e. The molecule has 0 aromatic heterocycles. The normalized spacial score (nSPS) is 14.8. The van der Waals surface area contributed by atoms with Crippen molar-refractivity contribution in [2.24, 2.45) is 0 Å². The molecule has 0 atom stereocenters. The first-order chi connectivity index (χ1) is 13.3. The van der Waals surface area contributed by atoms with Crippen molar-refractivity contribution in [3.8, 4) is 0 Å². The Balaban J connectivity index is 1.54. The van der Waals surface area contributed by atoms with Crippen molar-refractivity contribution in [1.29, 1.82) is 0 Å². The van der Waals surface area contributed by atoms with Gasteiger partial charge in [-0.25, -0.2) is 0 Å². The van der Waals surface area contributed by atoms with Crippen LogP contribution in [0.1, 0.15) is 5.56 Å². The molecule has 7 nitrogen and oxygen atoms in total. The molecule has 0 aliphatic carbocycles.